The highest BCUT2D eigenvalue weighted by molar-refractivity contribution is 7.99. The molecule has 17 heavy (non-hydrogen) atoms. The molecule has 2 nitrogen and oxygen atoms in total. The van der Waals surface area contributed by atoms with Gasteiger partial charge in [0.1, 0.15) is 0 Å². The summed E-state index contributed by atoms with van der Waals surface area (Å²) < 4.78 is 0.0612. The first-order chi connectivity index (χ1) is 7.98. The summed E-state index contributed by atoms with van der Waals surface area (Å²) in [7, 11) is 0. The summed E-state index contributed by atoms with van der Waals surface area (Å²) in [6.07, 6.45) is 2.04. The molecule has 0 aliphatic heterocycles. The Hall–Kier alpha value is -0.670. The minimum Gasteiger partial charge on any atom is -0.351 e. The van der Waals surface area contributed by atoms with Crippen molar-refractivity contribution in [2.75, 3.05) is 12.8 Å². The van der Waals surface area contributed by atoms with Gasteiger partial charge >= 0.3 is 0 Å². The Balaban J connectivity index is 2.58. The van der Waals surface area contributed by atoms with E-state index in [9.17, 15) is 4.79 Å². The van der Waals surface area contributed by atoms with E-state index in [0.717, 1.165) is 5.56 Å². The third-order valence-electron chi connectivity index (χ3n) is 2.60. The number of carbonyl (C=O) groups excluding carboxylic acids is 1. The topological polar surface area (TPSA) is 29.1 Å². The molecule has 1 N–H and O–H groups in total. The fourth-order valence-corrected chi connectivity index (χ4v) is 1.61. The molecule has 1 amide bonds. The molecular formula is C13H18ClNOS. The van der Waals surface area contributed by atoms with Gasteiger partial charge < -0.3 is 5.32 Å². The maximum Gasteiger partial charge on any atom is 0.251 e. The maximum absolute atomic E-state index is 11.9. The Labute approximate surface area is 112 Å². The number of carbonyl (C=O) groups is 1. The first-order valence-electron chi connectivity index (χ1n) is 5.47. The van der Waals surface area contributed by atoms with Crippen molar-refractivity contribution in [3.05, 3.63) is 35.4 Å². The van der Waals surface area contributed by atoms with Gasteiger partial charge in [0, 0.05) is 22.7 Å². The first kappa shape index (κ1) is 14.4. The zero-order valence-corrected chi connectivity index (χ0v) is 12.0. The number of amides is 1. The van der Waals surface area contributed by atoms with Crippen molar-refractivity contribution >= 4 is 29.3 Å². The third kappa shape index (κ3) is 4.60. The van der Waals surface area contributed by atoms with Crippen LogP contribution in [-0.2, 0) is 5.88 Å². The summed E-state index contributed by atoms with van der Waals surface area (Å²) in [4.78, 5) is 11.9. The van der Waals surface area contributed by atoms with Crippen LogP contribution in [0.15, 0.2) is 24.3 Å². The number of hydrogen-bond donors (Lipinski definition) is 1. The predicted molar refractivity (Wildman–Crippen MR) is 75.9 cm³/mol. The molecule has 0 unspecified atom stereocenters. The summed E-state index contributed by atoms with van der Waals surface area (Å²) in [5, 5.41) is 2.93. The zero-order chi connectivity index (χ0) is 12.9. The van der Waals surface area contributed by atoms with Gasteiger partial charge in [-0.15, -0.1) is 11.6 Å². The van der Waals surface area contributed by atoms with Crippen LogP contribution in [0.5, 0.6) is 0 Å². The molecule has 0 spiro atoms. The smallest absolute Gasteiger partial charge is 0.251 e. The van der Waals surface area contributed by atoms with Crippen LogP contribution < -0.4 is 5.32 Å². The van der Waals surface area contributed by atoms with E-state index in [2.05, 4.69) is 19.2 Å². The summed E-state index contributed by atoms with van der Waals surface area (Å²) >= 11 is 7.43. The Morgan fingerprint density at radius 2 is 1.94 bits per heavy atom. The fourth-order valence-electron chi connectivity index (χ4n) is 1.21. The van der Waals surface area contributed by atoms with Gasteiger partial charge in [-0.25, -0.2) is 0 Å². The van der Waals surface area contributed by atoms with Crippen LogP contribution in [0.2, 0.25) is 0 Å². The average Bonchev–Trinajstić information content (AvgIpc) is 2.36. The van der Waals surface area contributed by atoms with Crippen molar-refractivity contribution in [2.24, 2.45) is 0 Å². The van der Waals surface area contributed by atoms with E-state index in [1.165, 1.54) is 0 Å². The van der Waals surface area contributed by atoms with E-state index >= 15 is 0 Å². The maximum atomic E-state index is 11.9. The summed E-state index contributed by atoms with van der Waals surface area (Å²) in [5.74, 6) is 0.440. The summed E-state index contributed by atoms with van der Waals surface area (Å²) in [5.41, 5.74) is 1.70. The fraction of sp³-hybridized carbons (Fsp3) is 0.462. The lowest BCUT2D eigenvalue weighted by atomic mass is 10.1. The minimum absolute atomic E-state index is 0.0340. The van der Waals surface area contributed by atoms with E-state index < -0.39 is 0 Å². The Morgan fingerprint density at radius 3 is 2.41 bits per heavy atom. The molecule has 0 aliphatic rings. The molecule has 0 radical (unpaired) electrons. The van der Waals surface area contributed by atoms with Crippen LogP contribution in [-0.4, -0.2) is 23.5 Å². The van der Waals surface area contributed by atoms with E-state index in [-0.39, 0.29) is 10.7 Å². The van der Waals surface area contributed by atoms with Crippen LogP contribution in [0.3, 0.4) is 0 Å². The second-order valence-corrected chi connectivity index (χ2v) is 6.26. The number of thioether (sulfide) groups is 1. The van der Waals surface area contributed by atoms with Gasteiger partial charge in [-0.2, -0.15) is 11.8 Å². The molecule has 94 valence electrons. The second-order valence-electron chi connectivity index (χ2n) is 4.48. The van der Waals surface area contributed by atoms with Crippen LogP contribution in [0.1, 0.15) is 29.8 Å². The van der Waals surface area contributed by atoms with Gasteiger partial charge in [-0.1, -0.05) is 12.1 Å². The highest BCUT2D eigenvalue weighted by atomic mass is 35.5. The average molecular weight is 272 g/mol. The third-order valence-corrected chi connectivity index (χ3v) is 4.16. The number of benzene rings is 1. The van der Waals surface area contributed by atoms with Crippen molar-refractivity contribution in [2.45, 2.75) is 24.5 Å². The number of hydrogen-bond acceptors (Lipinski definition) is 2. The van der Waals surface area contributed by atoms with Gasteiger partial charge in [0.2, 0.25) is 0 Å². The lowest BCUT2D eigenvalue weighted by Gasteiger charge is -2.22. The molecule has 0 saturated heterocycles. The Kier molecular flexibility index (Phi) is 5.34. The summed E-state index contributed by atoms with van der Waals surface area (Å²) in [6, 6.07) is 7.36. The van der Waals surface area contributed by atoms with Crippen LogP contribution >= 0.6 is 23.4 Å². The molecule has 0 heterocycles. The van der Waals surface area contributed by atoms with Crippen LogP contribution in [0, 0.1) is 0 Å². The van der Waals surface area contributed by atoms with Gasteiger partial charge in [0.15, 0.2) is 0 Å². The minimum atomic E-state index is -0.0340. The van der Waals surface area contributed by atoms with Crippen molar-refractivity contribution in [3.8, 4) is 0 Å². The van der Waals surface area contributed by atoms with Crippen molar-refractivity contribution in [1.82, 2.24) is 5.32 Å². The Morgan fingerprint density at radius 1 is 1.35 bits per heavy atom. The molecule has 4 heteroatoms. The molecule has 0 atom stereocenters. The number of alkyl halides is 1. The molecule has 1 rings (SSSR count). The van der Waals surface area contributed by atoms with Crippen LogP contribution in [0.25, 0.3) is 0 Å². The van der Waals surface area contributed by atoms with E-state index in [0.29, 0.717) is 18.0 Å². The molecular weight excluding hydrogens is 254 g/mol. The molecule has 0 aromatic heterocycles. The molecule has 0 aliphatic carbocycles. The van der Waals surface area contributed by atoms with E-state index in [1.807, 2.05) is 18.4 Å². The van der Waals surface area contributed by atoms with Gasteiger partial charge in [-0.3, -0.25) is 4.79 Å². The second kappa shape index (κ2) is 6.31. The standard InChI is InChI=1S/C13H18ClNOS/c1-13(2,17-3)9-15-12(16)11-6-4-10(8-14)5-7-11/h4-7H,8-9H2,1-3H3,(H,15,16). The number of rotatable bonds is 5. The van der Waals surface area contributed by atoms with E-state index in [4.69, 9.17) is 11.6 Å². The largest absolute Gasteiger partial charge is 0.351 e. The Bertz CT molecular complexity index is 376. The van der Waals surface area contributed by atoms with Crippen molar-refractivity contribution < 1.29 is 4.79 Å². The SMILES string of the molecule is CSC(C)(C)CNC(=O)c1ccc(CCl)cc1. The lowest BCUT2D eigenvalue weighted by molar-refractivity contribution is 0.0951. The lowest BCUT2D eigenvalue weighted by Crippen LogP contribution is -2.36. The van der Waals surface area contributed by atoms with Crippen molar-refractivity contribution in [1.29, 1.82) is 0 Å². The molecule has 1 aromatic rings. The van der Waals surface area contributed by atoms with Gasteiger partial charge in [0.25, 0.3) is 5.91 Å². The molecule has 1 aromatic carbocycles. The van der Waals surface area contributed by atoms with E-state index in [1.54, 1.807) is 23.9 Å². The predicted octanol–water partition coefficient (Wildman–Crippen LogP) is 3.30. The molecule has 0 bridgehead atoms. The molecule has 0 saturated carbocycles. The molecule has 0 fully saturated rings. The summed E-state index contributed by atoms with van der Waals surface area (Å²) in [6.45, 7) is 4.87. The zero-order valence-electron chi connectivity index (χ0n) is 10.4. The highest BCUT2D eigenvalue weighted by Crippen LogP contribution is 2.19. The van der Waals surface area contributed by atoms with Crippen molar-refractivity contribution in [3.63, 3.8) is 0 Å². The van der Waals surface area contributed by atoms with Crippen LogP contribution in [0.4, 0.5) is 0 Å². The highest BCUT2D eigenvalue weighted by Gasteiger charge is 2.17. The monoisotopic (exact) mass is 271 g/mol. The van der Waals surface area contributed by atoms with Gasteiger partial charge in [-0.05, 0) is 37.8 Å². The quantitative estimate of drug-likeness (QED) is 0.833. The first-order valence-corrected chi connectivity index (χ1v) is 7.23. The normalized spacial score (nSPS) is 11.3. The van der Waals surface area contributed by atoms with Gasteiger partial charge in [0.05, 0.1) is 0 Å². The number of halogens is 1. The number of nitrogens with one attached hydrogen (secondary N) is 1.